The molecule has 0 unspecified atom stereocenters. The van der Waals surface area contributed by atoms with E-state index in [1.54, 1.807) is 4.90 Å². The van der Waals surface area contributed by atoms with Gasteiger partial charge in [-0.05, 0) is 53.4 Å². The number of nitrogens with zero attached hydrogens (tertiary/aromatic N) is 1. The van der Waals surface area contributed by atoms with Crippen molar-refractivity contribution in [1.82, 2.24) is 10.2 Å². The largest absolute Gasteiger partial charge is 0.454 e. The lowest BCUT2D eigenvalue weighted by molar-refractivity contribution is 0.0950. The molecule has 1 N–H and O–H groups in total. The molecule has 2 aliphatic rings. The smallest absolute Gasteiger partial charge is 0.409 e. The molecule has 1 saturated heterocycles. The Morgan fingerprint density at radius 1 is 1.38 bits per heavy atom. The van der Waals surface area contributed by atoms with E-state index >= 15 is 0 Å². The summed E-state index contributed by atoms with van der Waals surface area (Å²) in [7, 11) is 0. The quantitative estimate of drug-likeness (QED) is 0.808. The molecule has 1 aromatic rings. The fourth-order valence-corrected chi connectivity index (χ4v) is 3.47. The van der Waals surface area contributed by atoms with Crippen LogP contribution in [0, 0.1) is 0 Å². The normalized spacial score (nSPS) is 16.7. The molecule has 1 fully saturated rings. The van der Waals surface area contributed by atoms with Crippen molar-refractivity contribution in [2.75, 3.05) is 26.5 Å². The average Bonchev–Trinajstić information content (AvgIpc) is 3.03. The molecule has 0 aliphatic carbocycles. The summed E-state index contributed by atoms with van der Waals surface area (Å²) in [6.07, 6.45) is 1.67. The Balaban J connectivity index is 0.00000208. The summed E-state index contributed by atoms with van der Waals surface area (Å²) in [5, 5.41) is 3.55. The molecular weight excluding hydrogens is 400 g/mol. The number of likely N-dealkylation sites (tertiary alicyclic amines) is 1. The van der Waals surface area contributed by atoms with Crippen molar-refractivity contribution >= 4 is 34.4 Å². The molecule has 2 aliphatic heterocycles. The van der Waals surface area contributed by atoms with E-state index in [1.807, 2.05) is 19.1 Å². The van der Waals surface area contributed by atoms with Gasteiger partial charge in [-0.1, -0.05) is 0 Å². The van der Waals surface area contributed by atoms with E-state index in [0.717, 1.165) is 54.0 Å². The summed E-state index contributed by atoms with van der Waals surface area (Å²) in [6.45, 7) is 4.77. The maximum Gasteiger partial charge on any atom is 0.409 e. The average molecular weight is 422 g/mol. The number of piperidine rings is 1. The lowest BCUT2D eigenvalue weighted by atomic mass is 10.0. The molecule has 0 spiro atoms. The van der Waals surface area contributed by atoms with Gasteiger partial charge in [-0.15, -0.1) is 12.4 Å². The van der Waals surface area contributed by atoms with Crippen molar-refractivity contribution in [2.45, 2.75) is 32.4 Å². The fraction of sp³-hybridized carbons (Fsp3) is 0.562. The number of rotatable bonds is 4. The number of amides is 1. The highest BCUT2D eigenvalue weighted by molar-refractivity contribution is 9.10. The zero-order chi connectivity index (χ0) is 16.2. The van der Waals surface area contributed by atoms with Gasteiger partial charge in [-0.2, -0.15) is 0 Å². The van der Waals surface area contributed by atoms with Crippen LogP contribution >= 0.6 is 28.3 Å². The molecule has 0 saturated carbocycles. The summed E-state index contributed by atoms with van der Waals surface area (Å²) in [4.78, 5) is 13.5. The van der Waals surface area contributed by atoms with Crippen LogP contribution in [0.2, 0.25) is 0 Å². The van der Waals surface area contributed by atoms with Crippen molar-refractivity contribution in [3.05, 3.63) is 22.2 Å². The second kappa shape index (κ2) is 8.78. The first-order chi connectivity index (χ1) is 11.2. The highest BCUT2D eigenvalue weighted by Gasteiger charge is 2.23. The molecule has 1 amide bonds. The first kappa shape index (κ1) is 19.1. The Kier molecular flexibility index (Phi) is 7.01. The highest BCUT2D eigenvalue weighted by atomic mass is 79.9. The first-order valence-corrected chi connectivity index (χ1v) is 8.69. The van der Waals surface area contributed by atoms with Gasteiger partial charge in [0.1, 0.15) is 0 Å². The topological polar surface area (TPSA) is 60.0 Å². The van der Waals surface area contributed by atoms with Crippen LogP contribution in [-0.2, 0) is 11.3 Å². The summed E-state index contributed by atoms with van der Waals surface area (Å²) in [6, 6.07) is 4.46. The molecule has 0 bridgehead atoms. The maximum atomic E-state index is 11.7. The van der Waals surface area contributed by atoms with Crippen molar-refractivity contribution < 1.29 is 19.0 Å². The highest BCUT2D eigenvalue weighted by Crippen LogP contribution is 2.39. The molecule has 8 heteroatoms. The van der Waals surface area contributed by atoms with E-state index in [9.17, 15) is 4.79 Å². The predicted molar refractivity (Wildman–Crippen MR) is 96.0 cm³/mol. The third-order valence-electron chi connectivity index (χ3n) is 4.10. The SMILES string of the molecule is CCOC(=O)N1CCC(NCc2cc(Br)c3c(c2)OCO3)CC1.Cl. The second-order valence-corrected chi connectivity index (χ2v) is 6.51. The van der Waals surface area contributed by atoms with Gasteiger partial charge in [0, 0.05) is 25.7 Å². The van der Waals surface area contributed by atoms with Gasteiger partial charge in [0.15, 0.2) is 11.5 Å². The van der Waals surface area contributed by atoms with Gasteiger partial charge in [-0.25, -0.2) is 4.79 Å². The molecule has 0 radical (unpaired) electrons. The number of hydrogen-bond donors (Lipinski definition) is 1. The molecule has 24 heavy (non-hydrogen) atoms. The third kappa shape index (κ3) is 4.46. The van der Waals surface area contributed by atoms with E-state index in [0.29, 0.717) is 12.6 Å². The van der Waals surface area contributed by atoms with Crippen LogP contribution in [-0.4, -0.2) is 43.5 Å². The lowest BCUT2D eigenvalue weighted by Crippen LogP contribution is -2.44. The molecule has 1 aromatic carbocycles. The minimum absolute atomic E-state index is 0. The minimum Gasteiger partial charge on any atom is -0.454 e. The summed E-state index contributed by atoms with van der Waals surface area (Å²) in [5.41, 5.74) is 1.15. The number of hydrogen-bond acceptors (Lipinski definition) is 5. The van der Waals surface area contributed by atoms with Gasteiger partial charge in [0.25, 0.3) is 0 Å². The fourth-order valence-electron chi connectivity index (χ4n) is 2.87. The van der Waals surface area contributed by atoms with Crippen molar-refractivity contribution in [3.8, 4) is 11.5 Å². The molecule has 134 valence electrons. The van der Waals surface area contributed by atoms with Crippen molar-refractivity contribution in [3.63, 3.8) is 0 Å². The Morgan fingerprint density at radius 3 is 2.83 bits per heavy atom. The van der Waals surface area contributed by atoms with Crippen LogP contribution in [0.1, 0.15) is 25.3 Å². The van der Waals surface area contributed by atoms with E-state index < -0.39 is 0 Å². The number of ether oxygens (including phenoxy) is 3. The molecule has 2 heterocycles. The van der Waals surface area contributed by atoms with Crippen LogP contribution in [0.25, 0.3) is 0 Å². The predicted octanol–water partition coefficient (Wildman–Crippen LogP) is 3.31. The van der Waals surface area contributed by atoms with Crippen molar-refractivity contribution in [2.24, 2.45) is 0 Å². The Labute approximate surface area is 156 Å². The summed E-state index contributed by atoms with van der Waals surface area (Å²) < 4.78 is 16.8. The van der Waals surface area contributed by atoms with E-state index in [2.05, 4.69) is 21.2 Å². The van der Waals surface area contributed by atoms with E-state index in [1.165, 1.54) is 0 Å². The summed E-state index contributed by atoms with van der Waals surface area (Å²) >= 11 is 3.51. The number of halogens is 2. The van der Waals surface area contributed by atoms with Crippen LogP contribution in [0.15, 0.2) is 16.6 Å². The monoisotopic (exact) mass is 420 g/mol. The number of nitrogens with one attached hydrogen (secondary N) is 1. The first-order valence-electron chi connectivity index (χ1n) is 7.90. The van der Waals surface area contributed by atoms with Gasteiger partial charge in [-0.3, -0.25) is 0 Å². The number of benzene rings is 1. The van der Waals surface area contributed by atoms with Crippen LogP contribution in [0.3, 0.4) is 0 Å². The Bertz CT molecular complexity index is 579. The lowest BCUT2D eigenvalue weighted by Gasteiger charge is -2.31. The Morgan fingerprint density at radius 2 is 2.12 bits per heavy atom. The van der Waals surface area contributed by atoms with Gasteiger partial charge in [0.05, 0.1) is 11.1 Å². The number of fused-ring (bicyclic) bond motifs is 1. The maximum absolute atomic E-state index is 11.7. The number of carbonyl (C=O) groups is 1. The standard InChI is InChI=1S/C16H21BrN2O4.ClH/c1-2-21-16(20)19-5-3-12(4-6-19)18-9-11-7-13(17)15-14(8-11)22-10-23-15;/h7-8,12,18H,2-6,9-10H2,1H3;1H. The van der Waals surface area contributed by atoms with Crippen LogP contribution in [0.4, 0.5) is 4.79 Å². The van der Waals surface area contributed by atoms with Gasteiger partial charge in [0.2, 0.25) is 6.79 Å². The van der Waals surface area contributed by atoms with Crippen molar-refractivity contribution in [1.29, 1.82) is 0 Å². The number of carbonyl (C=O) groups excluding carboxylic acids is 1. The van der Waals surface area contributed by atoms with E-state index in [4.69, 9.17) is 14.2 Å². The van der Waals surface area contributed by atoms with Gasteiger partial charge >= 0.3 is 6.09 Å². The van der Waals surface area contributed by atoms with E-state index in [-0.39, 0.29) is 25.3 Å². The third-order valence-corrected chi connectivity index (χ3v) is 4.69. The van der Waals surface area contributed by atoms with Crippen LogP contribution in [0.5, 0.6) is 11.5 Å². The molecule has 6 nitrogen and oxygen atoms in total. The zero-order valence-electron chi connectivity index (χ0n) is 13.5. The molecule has 3 rings (SSSR count). The summed E-state index contributed by atoms with van der Waals surface area (Å²) in [5.74, 6) is 1.56. The minimum atomic E-state index is -0.203. The second-order valence-electron chi connectivity index (χ2n) is 5.65. The van der Waals surface area contributed by atoms with Gasteiger partial charge < -0.3 is 24.4 Å². The molecular formula is C16H22BrClN2O4. The zero-order valence-corrected chi connectivity index (χ0v) is 16.0. The van der Waals surface area contributed by atoms with Crippen LogP contribution < -0.4 is 14.8 Å². The molecule has 0 aromatic heterocycles. The Hall–Kier alpha value is -1.18. The molecule has 0 atom stereocenters.